The van der Waals surface area contributed by atoms with Crippen LogP contribution in [0.4, 0.5) is 0 Å². The number of ether oxygens (including phenoxy) is 1. The molecule has 0 radical (unpaired) electrons. The molecule has 0 atom stereocenters. The van der Waals surface area contributed by atoms with Gasteiger partial charge in [-0.15, -0.1) is 23.2 Å². The zero-order valence-corrected chi connectivity index (χ0v) is 10.6. The first-order valence-electron chi connectivity index (χ1n) is 4.15. The molecule has 0 N–H and O–H groups in total. The molecular weight excluding hydrogens is 227 g/mol. The van der Waals surface area contributed by atoms with Crippen molar-refractivity contribution in [3.63, 3.8) is 0 Å². The Morgan fingerprint density at radius 2 is 2.23 bits per heavy atom. The topological polar surface area (TPSA) is 26.3 Å². The zero-order valence-electron chi connectivity index (χ0n) is 7.69. The van der Waals surface area contributed by atoms with E-state index in [-0.39, 0.29) is 10.4 Å². The molecular formula is C8H14Cl2O2Si. The van der Waals surface area contributed by atoms with Gasteiger partial charge in [0.2, 0.25) is 0 Å². The van der Waals surface area contributed by atoms with Gasteiger partial charge >= 0.3 is 5.97 Å². The van der Waals surface area contributed by atoms with E-state index in [4.69, 9.17) is 27.9 Å². The second-order valence-electron chi connectivity index (χ2n) is 2.80. The van der Waals surface area contributed by atoms with E-state index in [1.54, 1.807) is 6.92 Å². The summed E-state index contributed by atoms with van der Waals surface area (Å²) in [5, 5.41) is 0. The lowest BCUT2D eigenvalue weighted by atomic mass is 10.4. The summed E-state index contributed by atoms with van der Waals surface area (Å²) in [4.78, 5) is 10.9. The third-order valence-electron chi connectivity index (χ3n) is 1.40. The van der Waals surface area contributed by atoms with Crippen LogP contribution in [0.2, 0.25) is 6.04 Å². The molecule has 0 heterocycles. The van der Waals surface area contributed by atoms with Crippen LogP contribution >= 0.6 is 23.2 Å². The summed E-state index contributed by atoms with van der Waals surface area (Å²) in [6.45, 7) is 5.55. The van der Waals surface area contributed by atoms with Gasteiger partial charge in [0.25, 0.3) is 0 Å². The van der Waals surface area contributed by atoms with Crippen molar-refractivity contribution in [3.8, 4) is 0 Å². The number of carbonyl (C=O) groups is 1. The molecule has 5 heteroatoms. The van der Waals surface area contributed by atoms with E-state index >= 15 is 0 Å². The van der Waals surface area contributed by atoms with Crippen molar-refractivity contribution in [2.75, 3.05) is 6.61 Å². The van der Waals surface area contributed by atoms with Crippen molar-refractivity contribution >= 4 is 38.7 Å². The van der Waals surface area contributed by atoms with Crippen LogP contribution in [0.5, 0.6) is 0 Å². The Hall–Kier alpha value is 0.00688. The molecule has 0 aromatic carbocycles. The van der Waals surface area contributed by atoms with E-state index in [1.807, 2.05) is 0 Å². The molecule has 0 amide bonds. The van der Waals surface area contributed by atoms with Crippen LogP contribution in [0.25, 0.3) is 0 Å². The number of hydrogen-bond donors (Lipinski definition) is 0. The number of alkyl halides is 2. The highest BCUT2D eigenvalue weighted by atomic mass is 35.5. The monoisotopic (exact) mass is 240 g/mol. The molecule has 0 aromatic rings. The summed E-state index contributed by atoms with van der Waals surface area (Å²) in [7, 11) is -0.401. The molecule has 2 nitrogen and oxygen atoms in total. The van der Waals surface area contributed by atoms with E-state index < -0.39 is 9.52 Å². The summed E-state index contributed by atoms with van der Waals surface area (Å²) in [6.07, 6.45) is 0.848. The minimum absolute atomic E-state index is 0.183. The fourth-order valence-electron chi connectivity index (χ4n) is 0.689. The number of carbonyl (C=O) groups excluding carboxylic acids is 1. The maximum atomic E-state index is 10.9. The van der Waals surface area contributed by atoms with Crippen LogP contribution in [0.1, 0.15) is 13.3 Å². The van der Waals surface area contributed by atoms with Crippen molar-refractivity contribution in [2.45, 2.75) is 23.8 Å². The molecule has 0 saturated carbocycles. The van der Waals surface area contributed by atoms with Gasteiger partial charge in [-0.3, -0.25) is 0 Å². The second kappa shape index (κ2) is 7.41. The molecule has 0 bridgehead atoms. The molecule has 0 fully saturated rings. The summed E-state index contributed by atoms with van der Waals surface area (Å²) in [5.74, 6) is -0.324. The van der Waals surface area contributed by atoms with Crippen molar-refractivity contribution in [1.29, 1.82) is 0 Å². The Morgan fingerprint density at radius 3 is 2.69 bits per heavy atom. The molecule has 13 heavy (non-hydrogen) atoms. The van der Waals surface area contributed by atoms with Crippen molar-refractivity contribution < 1.29 is 9.53 Å². The van der Waals surface area contributed by atoms with Gasteiger partial charge in [0, 0.05) is 5.57 Å². The van der Waals surface area contributed by atoms with Gasteiger partial charge in [-0.05, 0) is 13.3 Å². The minimum Gasteiger partial charge on any atom is -0.462 e. The fourth-order valence-corrected chi connectivity index (χ4v) is 2.42. The summed E-state index contributed by atoms with van der Waals surface area (Å²) < 4.78 is 4.70. The number of halogens is 2. The van der Waals surface area contributed by atoms with Crippen LogP contribution in [0, 0.1) is 0 Å². The van der Waals surface area contributed by atoms with E-state index in [0.717, 1.165) is 12.5 Å². The molecule has 0 rings (SSSR count). The Balaban J connectivity index is 3.26. The maximum absolute atomic E-state index is 10.9. The Labute approximate surface area is 91.1 Å². The highest BCUT2D eigenvalue weighted by Gasteiger charge is 2.03. The lowest BCUT2D eigenvalue weighted by molar-refractivity contribution is -0.138. The fraction of sp³-hybridized carbons (Fsp3) is 0.625. The van der Waals surface area contributed by atoms with Gasteiger partial charge in [-0.1, -0.05) is 12.6 Å². The first kappa shape index (κ1) is 13.0. The van der Waals surface area contributed by atoms with Crippen molar-refractivity contribution in [3.05, 3.63) is 12.2 Å². The molecule has 0 saturated heterocycles. The van der Waals surface area contributed by atoms with E-state index in [1.165, 1.54) is 0 Å². The first-order valence-corrected chi connectivity index (χ1v) is 6.83. The lowest BCUT2D eigenvalue weighted by Gasteiger charge is -2.03. The Bertz CT molecular complexity index is 183. The molecule has 0 aliphatic heterocycles. The van der Waals surface area contributed by atoms with Gasteiger partial charge in [0.15, 0.2) is 0 Å². The third-order valence-corrected chi connectivity index (χ3v) is 4.05. The smallest absolute Gasteiger partial charge is 0.333 e. The predicted molar refractivity (Wildman–Crippen MR) is 59.2 cm³/mol. The SMILES string of the molecule is C=C(C)C(=O)OCCC[SiH2]C(Cl)Cl. The molecule has 0 spiro atoms. The van der Waals surface area contributed by atoms with Gasteiger partial charge in [0.05, 0.1) is 20.6 Å². The van der Waals surface area contributed by atoms with Gasteiger partial charge < -0.3 is 4.74 Å². The standard InChI is InChI=1S/C8H14Cl2O2Si/c1-6(2)7(11)12-4-3-5-13-8(9)10/h8H,1,3-5,13H2,2H3. The number of esters is 1. The molecule has 0 aliphatic carbocycles. The van der Waals surface area contributed by atoms with Crippen LogP contribution in [-0.4, -0.2) is 26.6 Å². The first-order chi connectivity index (χ1) is 6.04. The van der Waals surface area contributed by atoms with Crippen LogP contribution in [0.3, 0.4) is 0 Å². The van der Waals surface area contributed by atoms with E-state index in [0.29, 0.717) is 12.2 Å². The lowest BCUT2D eigenvalue weighted by Crippen LogP contribution is -2.08. The van der Waals surface area contributed by atoms with Gasteiger partial charge in [-0.25, -0.2) is 4.79 Å². The van der Waals surface area contributed by atoms with Crippen LogP contribution in [-0.2, 0) is 9.53 Å². The third kappa shape index (κ3) is 8.34. The minimum atomic E-state index is -0.401. The van der Waals surface area contributed by atoms with Crippen molar-refractivity contribution in [1.82, 2.24) is 0 Å². The number of rotatable bonds is 6. The normalized spacial score (nSPS) is 11.1. The summed E-state index contributed by atoms with van der Waals surface area (Å²) in [5.41, 5.74) is 0.435. The second-order valence-corrected chi connectivity index (χ2v) is 7.22. The maximum Gasteiger partial charge on any atom is 0.333 e. The molecule has 76 valence electrons. The highest BCUT2D eigenvalue weighted by Crippen LogP contribution is 2.03. The predicted octanol–water partition coefficient (Wildman–Crippen LogP) is 1.84. The Kier molecular flexibility index (Phi) is 7.42. The van der Waals surface area contributed by atoms with E-state index in [2.05, 4.69) is 6.58 Å². The zero-order chi connectivity index (χ0) is 10.3. The quantitative estimate of drug-likeness (QED) is 0.233. The average Bonchev–Trinajstić information content (AvgIpc) is 2.02. The van der Waals surface area contributed by atoms with Crippen molar-refractivity contribution in [2.24, 2.45) is 0 Å². The summed E-state index contributed by atoms with van der Waals surface area (Å²) in [6, 6.07) is 1.00. The van der Waals surface area contributed by atoms with Gasteiger partial charge in [0.1, 0.15) is 0 Å². The van der Waals surface area contributed by atoms with Crippen LogP contribution in [0.15, 0.2) is 12.2 Å². The highest BCUT2D eigenvalue weighted by molar-refractivity contribution is 6.68. The van der Waals surface area contributed by atoms with Gasteiger partial charge in [-0.2, -0.15) is 0 Å². The Morgan fingerprint density at radius 1 is 1.62 bits per heavy atom. The number of hydrogen-bond acceptors (Lipinski definition) is 2. The molecule has 0 aliphatic rings. The van der Waals surface area contributed by atoms with E-state index in [9.17, 15) is 4.79 Å². The molecule has 0 unspecified atom stereocenters. The van der Waals surface area contributed by atoms with Crippen LogP contribution < -0.4 is 0 Å². The summed E-state index contributed by atoms with van der Waals surface area (Å²) >= 11 is 11.1. The largest absolute Gasteiger partial charge is 0.462 e. The molecule has 0 aromatic heterocycles. The average molecular weight is 241 g/mol.